The van der Waals surface area contributed by atoms with Crippen LogP contribution in [0.5, 0.6) is 0 Å². The van der Waals surface area contributed by atoms with Crippen LogP contribution in [0.3, 0.4) is 0 Å². The predicted octanol–water partition coefficient (Wildman–Crippen LogP) is 1.84. The first-order valence-electron chi connectivity index (χ1n) is 5.11. The van der Waals surface area contributed by atoms with E-state index in [0.29, 0.717) is 18.1 Å². The third kappa shape index (κ3) is 13.3. The van der Waals surface area contributed by atoms with E-state index in [-0.39, 0.29) is 5.92 Å². The highest BCUT2D eigenvalue weighted by atomic mass is 32.2. The van der Waals surface area contributed by atoms with E-state index in [9.17, 15) is 4.79 Å². The maximum atomic E-state index is 10.4. The van der Waals surface area contributed by atoms with Crippen molar-refractivity contribution >= 4 is 23.6 Å². The number of hydrogen-bond acceptors (Lipinski definition) is 3. The number of nitrogens with zero attached hydrogens (tertiary/aromatic N) is 1. The summed E-state index contributed by atoms with van der Waals surface area (Å²) in [5.74, 6) is 1.01. The maximum absolute atomic E-state index is 10.4. The van der Waals surface area contributed by atoms with Crippen LogP contribution in [-0.2, 0) is 4.79 Å². The Bertz CT molecular complexity index is 192. The number of carboxylic acid groups (broad SMARTS) is 1. The molecule has 1 unspecified atom stereocenters. The van der Waals surface area contributed by atoms with Crippen molar-refractivity contribution in [2.75, 3.05) is 18.1 Å². The Morgan fingerprint density at radius 2 is 2.07 bits per heavy atom. The zero-order chi connectivity index (χ0) is 12.3. The van der Waals surface area contributed by atoms with E-state index in [1.807, 2.05) is 13.8 Å². The fourth-order valence-electron chi connectivity index (χ4n) is 0.618. The van der Waals surface area contributed by atoms with Gasteiger partial charge in [0, 0.05) is 18.1 Å². The fraction of sp³-hybridized carbons (Fsp3) is 0.800. The second-order valence-corrected chi connectivity index (χ2v) is 3.99. The standard InChI is InChI=1S/C8H16N2O2S.C2H6/c1-6(8(11)12)5-13-4-3-10-7(2)9;1-2/h6H,3-5H2,1-2H3,(H2,9,10)(H,11,12);1-2H3. The molecule has 90 valence electrons. The van der Waals surface area contributed by atoms with Gasteiger partial charge in [0.25, 0.3) is 0 Å². The molecule has 0 aromatic rings. The summed E-state index contributed by atoms with van der Waals surface area (Å²) in [5.41, 5.74) is 5.33. The number of hydrogen-bond donors (Lipinski definition) is 2. The van der Waals surface area contributed by atoms with E-state index in [1.54, 1.807) is 25.6 Å². The second kappa shape index (κ2) is 11.4. The zero-order valence-corrected chi connectivity index (χ0v) is 10.8. The summed E-state index contributed by atoms with van der Waals surface area (Å²) in [6.45, 7) is 8.11. The minimum atomic E-state index is -0.744. The van der Waals surface area contributed by atoms with Crippen LogP contribution in [0.1, 0.15) is 27.7 Å². The quantitative estimate of drug-likeness (QED) is 0.418. The molecule has 4 nitrogen and oxygen atoms in total. The van der Waals surface area contributed by atoms with E-state index in [1.165, 1.54) is 0 Å². The average Bonchev–Trinajstić information content (AvgIpc) is 2.19. The maximum Gasteiger partial charge on any atom is 0.307 e. The van der Waals surface area contributed by atoms with Crippen molar-refractivity contribution < 1.29 is 9.90 Å². The van der Waals surface area contributed by atoms with E-state index >= 15 is 0 Å². The van der Waals surface area contributed by atoms with Gasteiger partial charge in [0.2, 0.25) is 0 Å². The van der Waals surface area contributed by atoms with E-state index < -0.39 is 5.97 Å². The third-order valence-corrected chi connectivity index (χ3v) is 2.59. The summed E-state index contributed by atoms with van der Waals surface area (Å²) in [6, 6.07) is 0. The SMILES string of the molecule is CC.CC(N)=NCCSCC(C)C(=O)O. The van der Waals surface area contributed by atoms with Crippen molar-refractivity contribution in [3.8, 4) is 0 Å². The molecule has 0 radical (unpaired) electrons. The number of nitrogens with two attached hydrogens (primary N) is 1. The average molecular weight is 234 g/mol. The van der Waals surface area contributed by atoms with Crippen LogP contribution in [0.4, 0.5) is 0 Å². The van der Waals surface area contributed by atoms with Crippen molar-refractivity contribution in [1.82, 2.24) is 0 Å². The summed E-state index contributed by atoms with van der Waals surface area (Å²) in [6.07, 6.45) is 0. The lowest BCUT2D eigenvalue weighted by Gasteiger charge is -2.03. The number of aliphatic imine (C=N–C) groups is 1. The van der Waals surface area contributed by atoms with Crippen LogP contribution in [0.25, 0.3) is 0 Å². The molecule has 0 bridgehead atoms. The highest BCUT2D eigenvalue weighted by Gasteiger charge is 2.09. The Morgan fingerprint density at radius 3 is 2.47 bits per heavy atom. The molecule has 0 aliphatic heterocycles. The molecule has 0 fully saturated rings. The second-order valence-electron chi connectivity index (χ2n) is 2.84. The van der Waals surface area contributed by atoms with Crippen LogP contribution in [-0.4, -0.2) is 35.0 Å². The topological polar surface area (TPSA) is 75.7 Å². The van der Waals surface area contributed by atoms with Gasteiger partial charge in [-0.3, -0.25) is 9.79 Å². The molecule has 0 aromatic heterocycles. The Kier molecular flexibility index (Phi) is 12.7. The molecule has 0 heterocycles. The summed E-state index contributed by atoms with van der Waals surface area (Å²) < 4.78 is 0. The van der Waals surface area contributed by atoms with Gasteiger partial charge >= 0.3 is 5.97 Å². The lowest BCUT2D eigenvalue weighted by Crippen LogP contribution is -2.12. The molecule has 3 N–H and O–H groups in total. The summed E-state index contributed by atoms with van der Waals surface area (Å²) in [4.78, 5) is 14.4. The highest BCUT2D eigenvalue weighted by Crippen LogP contribution is 2.07. The first kappa shape index (κ1) is 16.7. The number of carboxylic acids is 1. The largest absolute Gasteiger partial charge is 0.481 e. The monoisotopic (exact) mass is 234 g/mol. The minimum absolute atomic E-state index is 0.284. The van der Waals surface area contributed by atoms with Gasteiger partial charge in [0.05, 0.1) is 11.8 Å². The molecule has 0 saturated carbocycles. The van der Waals surface area contributed by atoms with Gasteiger partial charge in [-0.05, 0) is 6.92 Å². The molecule has 5 heteroatoms. The van der Waals surface area contributed by atoms with Crippen LogP contribution >= 0.6 is 11.8 Å². The molecule has 1 atom stereocenters. The van der Waals surface area contributed by atoms with Crippen LogP contribution in [0.2, 0.25) is 0 Å². The number of aliphatic carboxylic acids is 1. The van der Waals surface area contributed by atoms with Crippen LogP contribution in [0, 0.1) is 5.92 Å². The molecule has 0 rings (SSSR count). The highest BCUT2D eigenvalue weighted by molar-refractivity contribution is 7.99. The Morgan fingerprint density at radius 1 is 1.53 bits per heavy atom. The van der Waals surface area contributed by atoms with Crippen molar-refractivity contribution in [2.24, 2.45) is 16.6 Å². The number of amidine groups is 1. The third-order valence-electron chi connectivity index (χ3n) is 1.39. The molecule has 0 amide bonds. The van der Waals surface area contributed by atoms with Crippen LogP contribution < -0.4 is 5.73 Å². The lowest BCUT2D eigenvalue weighted by atomic mass is 10.2. The van der Waals surface area contributed by atoms with Gasteiger partial charge in [0.1, 0.15) is 0 Å². The van der Waals surface area contributed by atoms with Crippen LogP contribution in [0.15, 0.2) is 4.99 Å². The van der Waals surface area contributed by atoms with Gasteiger partial charge in [0.15, 0.2) is 0 Å². The predicted molar refractivity (Wildman–Crippen MR) is 67.6 cm³/mol. The number of carbonyl (C=O) groups is 1. The van der Waals surface area contributed by atoms with Crippen molar-refractivity contribution in [2.45, 2.75) is 27.7 Å². The zero-order valence-electron chi connectivity index (χ0n) is 9.99. The summed E-state index contributed by atoms with van der Waals surface area (Å²) in [5, 5.41) is 8.57. The molecule has 0 aliphatic carbocycles. The van der Waals surface area contributed by atoms with Gasteiger partial charge in [-0.1, -0.05) is 20.8 Å². The normalized spacial score (nSPS) is 12.7. The number of thioether (sulfide) groups is 1. The first-order chi connectivity index (χ1) is 7.04. The minimum Gasteiger partial charge on any atom is -0.481 e. The summed E-state index contributed by atoms with van der Waals surface area (Å²) in [7, 11) is 0. The molecule has 0 saturated heterocycles. The van der Waals surface area contributed by atoms with Gasteiger partial charge in [-0.15, -0.1) is 0 Å². The molecule has 0 aliphatic rings. The number of rotatable bonds is 6. The van der Waals surface area contributed by atoms with Gasteiger partial charge in [-0.2, -0.15) is 11.8 Å². The Labute approximate surface area is 96.3 Å². The molecule has 0 spiro atoms. The van der Waals surface area contributed by atoms with Gasteiger partial charge < -0.3 is 10.8 Å². The van der Waals surface area contributed by atoms with E-state index in [2.05, 4.69) is 4.99 Å². The Hall–Kier alpha value is -0.710. The summed E-state index contributed by atoms with van der Waals surface area (Å²) >= 11 is 1.59. The molecular weight excluding hydrogens is 212 g/mol. The Balaban J connectivity index is 0. The van der Waals surface area contributed by atoms with Crippen molar-refractivity contribution in [1.29, 1.82) is 0 Å². The molecule has 0 aromatic carbocycles. The van der Waals surface area contributed by atoms with Crippen molar-refractivity contribution in [3.63, 3.8) is 0 Å². The van der Waals surface area contributed by atoms with E-state index in [4.69, 9.17) is 10.8 Å². The molecular formula is C10H22N2O2S. The first-order valence-corrected chi connectivity index (χ1v) is 6.26. The van der Waals surface area contributed by atoms with Crippen molar-refractivity contribution in [3.05, 3.63) is 0 Å². The smallest absolute Gasteiger partial charge is 0.307 e. The lowest BCUT2D eigenvalue weighted by molar-refractivity contribution is -0.140. The van der Waals surface area contributed by atoms with E-state index in [0.717, 1.165) is 5.75 Å². The van der Waals surface area contributed by atoms with Gasteiger partial charge in [-0.25, -0.2) is 0 Å². The molecule has 15 heavy (non-hydrogen) atoms. The fourth-order valence-corrected chi connectivity index (χ4v) is 1.50.